The summed E-state index contributed by atoms with van der Waals surface area (Å²) in [5.74, 6) is 0.222. The molecule has 0 spiro atoms. The molecule has 0 bridgehead atoms. The van der Waals surface area contributed by atoms with E-state index in [1.807, 2.05) is 12.1 Å². The van der Waals surface area contributed by atoms with Gasteiger partial charge in [-0.3, -0.25) is 0 Å². The number of rotatable bonds is 2. The van der Waals surface area contributed by atoms with Crippen molar-refractivity contribution < 1.29 is 9.90 Å². The van der Waals surface area contributed by atoms with Crippen LogP contribution in [0.3, 0.4) is 0 Å². The minimum atomic E-state index is -0.830. The van der Waals surface area contributed by atoms with E-state index in [4.69, 9.17) is 5.11 Å². The van der Waals surface area contributed by atoms with E-state index in [2.05, 4.69) is 27.7 Å². The second kappa shape index (κ2) is 4.42. The number of carbonyl (C=O) groups is 1. The molecule has 1 aliphatic carbocycles. The van der Waals surface area contributed by atoms with Gasteiger partial charge < -0.3 is 5.11 Å². The summed E-state index contributed by atoms with van der Waals surface area (Å²) in [6, 6.07) is 5.65. The largest absolute Gasteiger partial charge is 0.478 e. The molecule has 0 radical (unpaired) electrons. The third kappa shape index (κ3) is 2.16. The molecule has 0 fully saturated rings. The molecule has 1 unspecified atom stereocenters. The molecular weight excluding hydrogens is 224 g/mol. The molecule has 1 aromatic carbocycles. The third-order valence-electron chi connectivity index (χ3n) is 4.31. The summed E-state index contributed by atoms with van der Waals surface area (Å²) in [4.78, 5) is 11.1. The Labute approximate surface area is 109 Å². The van der Waals surface area contributed by atoms with Crippen LogP contribution < -0.4 is 0 Å². The maximum absolute atomic E-state index is 11.1. The second-order valence-corrected chi connectivity index (χ2v) is 6.38. The minimum Gasteiger partial charge on any atom is -0.478 e. The molecule has 2 rings (SSSR count). The van der Waals surface area contributed by atoms with E-state index in [0.717, 1.165) is 6.42 Å². The van der Waals surface area contributed by atoms with Crippen LogP contribution in [0.15, 0.2) is 18.2 Å². The molecule has 1 aliphatic rings. The molecule has 1 atom stereocenters. The molecule has 1 aromatic rings. The van der Waals surface area contributed by atoms with Crippen molar-refractivity contribution in [2.75, 3.05) is 0 Å². The lowest BCUT2D eigenvalue weighted by molar-refractivity contribution is 0.0696. The number of carboxylic acids is 1. The van der Waals surface area contributed by atoms with E-state index < -0.39 is 5.97 Å². The van der Waals surface area contributed by atoms with Crippen molar-refractivity contribution in [3.8, 4) is 0 Å². The lowest BCUT2D eigenvalue weighted by Gasteiger charge is -2.39. The molecule has 0 saturated carbocycles. The zero-order valence-corrected chi connectivity index (χ0v) is 11.7. The molecule has 1 N–H and O–H groups in total. The zero-order valence-electron chi connectivity index (χ0n) is 11.7. The standard InChI is InChI=1S/C16H22O2/c1-10(2)12-7-8-16(3,4)14-6-5-11(15(17)18)9-13(12)14/h5-6,9-10,12H,7-8H2,1-4H3,(H,17,18). The van der Waals surface area contributed by atoms with Crippen LogP contribution in [0.25, 0.3) is 0 Å². The Morgan fingerprint density at radius 1 is 1.39 bits per heavy atom. The average molecular weight is 246 g/mol. The fraction of sp³-hybridized carbons (Fsp3) is 0.562. The average Bonchev–Trinajstić information content (AvgIpc) is 2.27. The van der Waals surface area contributed by atoms with Crippen molar-refractivity contribution in [1.29, 1.82) is 0 Å². The molecule has 98 valence electrons. The predicted molar refractivity (Wildman–Crippen MR) is 73.2 cm³/mol. The van der Waals surface area contributed by atoms with Crippen LogP contribution in [-0.2, 0) is 5.41 Å². The Hall–Kier alpha value is -1.31. The second-order valence-electron chi connectivity index (χ2n) is 6.38. The molecule has 18 heavy (non-hydrogen) atoms. The van der Waals surface area contributed by atoms with Gasteiger partial charge in [-0.05, 0) is 53.4 Å². The number of aromatic carboxylic acids is 1. The topological polar surface area (TPSA) is 37.3 Å². The van der Waals surface area contributed by atoms with Crippen molar-refractivity contribution in [1.82, 2.24) is 0 Å². The maximum Gasteiger partial charge on any atom is 0.335 e. The van der Waals surface area contributed by atoms with Crippen LogP contribution in [0.1, 0.15) is 67.9 Å². The van der Waals surface area contributed by atoms with Crippen LogP contribution in [-0.4, -0.2) is 11.1 Å². The first-order valence-electron chi connectivity index (χ1n) is 6.70. The summed E-state index contributed by atoms with van der Waals surface area (Å²) in [5.41, 5.74) is 3.16. The van der Waals surface area contributed by atoms with Gasteiger partial charge in [0, 0.05) is 0 Å². The van der Waals surface area contributed by atoms with Crippen LogP contribution in [0.4, 0.5) is 0 Å². The van der Waals surface area contributed by atoms with Crippen LogP contribution >= 0.6 is 0 Å². The van der Waals surface area contributed by atoms with E-state index in [9.17, 15) is 4.79 Å². The molecule has 0 amide bonds. The van der Waals surface area contributed by atoms with E-state index in [-0.39, 0.29) is 5.41 Å². The van der Waals surface area contributed by atoms with Gasteiger partial charge >= 0.3 is 5.97 Å². The van der Waals surface area contributed by atoms with Crippen molar-refractivity contribution in [2.45, 2.75) is 51.9 Å². The first-order valence-corrected chi connectivity index (χ1v) is 6.70. The summed E-state index contributed by atoms with van der Waals surface area (Å²) in [7, 11) is 0. The number of fused-ring (bicyclic) bond motifs is 1. The van der Waals surface area contributed by atoms with Gasteiger partial charge in [-0.1, -0.05) is 33.8 Å². The molecule has 2 nitrogen and oxygen atoms in total. The Balaban J connectivity index is 2.57. The van der Waals surface area contributed by atoms with E-state index >= 15 is 0 Å². The van der Waals surface area contributed by atoms with E-state index in [1.165, 1.54) is 17.5 Å². The Morgan fingerprint density at radius 2 is 2.06 bits per heavy atom. The molecule has 0 heterocycles. The summed E-state index contributed by atoms with van der Waals surface area (Å²) >= 11 is 0. The highest BCUT2D eigenvalue weighted by molar-refractivity contribution is 5.88. The Morgan fingerprint density at radius 3 is 2.61 bits per heavy atom. The molecular formula is C16H22O2. The highest BCUT2D eigenvalue weighted by Crippen LogP contribution is 2.45. The van der Waals surface area contributed by atoms with E-state index in [0.29, 0.717) is 17.4 Å². The normalized spacial score (nSPS) is 21.7. The number of hydrogen-bond donors (Lipinski definition) is 1. The first-order chi connectivity index (χ1) is 8.33. The number of benzene rings is 1. The van der Waals surface area contributed by atoms with Crippen molar-refractivity contribution >= 4 is 5.97 Å². The van der Waals surface area contributed by atoms with Crippen molar-refractivity contribution in [3.05, 3.63) is 34.9 Å². The predicted octanol–water partition coefficient (Wildman–Crippen LogP) is 4.20. The monoisotopic (exact) mass is 246 g/mol. The smallest absolute Gasteiger partial charge is 0.335 e. The van der Waals surface area contributed by atoms with Gasteiger partial charge in [-0.2, -0.15) is 0 Å². The minimum absolute atomic E-state index is 0.164. The third-order valence-corrected chi connectivity index (χ3v) is 4.31. The highest BCUT2D eigenvalue weighted by Gasteiger charge is 2.34. The van der Waals surface area contributed by atoms with Crippen LogP contribution in [0.2, 0.25) is 0 Å². The van der Waals surface area contributed by atoms with E-state index in [1.54, 1.807) is 6.07 Å². The van der Waals surface area contributed by atoms with Gasteiger partial charge in [0.15, 0.2) is 0 Å². The van der Waals surface area contributed by atoms with Crippen molar-refractivity contribution in [3.63, 3.8) is 0 Å². The first kappa shape index (κ1) is 13.1. The molecule has 0 saturated heterocycles. The molecule has 0 aromatic heterocycles. The van der Waals surface area contributed by atoms with Gasteiger partial charge in [0.1, 0.15) is 0 Å². The maximum atomic E-state index is 11.1. The number of hydrogen-bond acceptors (Lipinski definition) is 1. The summed E-state index contributed by atoms with van der Waals surface area (Å²) in [6.07, 6.45) is 2.33. The van der Waals surface area contributed by atoms with Crippen LogP contribution in [0, 0.1) is 5.92 Å². The van der Waals surface area contributed by atoms with Gasteiger partial charge in [0.2, 0.25) is 0 Å². The molecule has 2 heteroatoms. The highest BCUT2D eigenvalue weighted by atomic mass is 16.4. The van der Waals surface area contributed by atoms with Gasteiger partial charge in [-0.25, -0.2) is 4.79 Å². The summed E-state index contributed by atoms with van der Waals surface area (Å²) in [5, 5.41) is 9.14. The summed E-state index contributed by atoms with van der Waals surface area (Å²) < 4.78 is 0. The SMILES string of the molecule is CC(C)C1CCC(C)(C)c2ccc(C(=O)O)cc21. The molecule has 0 aliphatic heterocycles. The number of carboxylic acid groups (broad SMARTS) is 1. The van der Waals surface area contributed by atoms with Gasteiger partial charge in [0.25, 0.3) is 0 Å². The quantitative estimate of drug-likeness (QED) is 0.849. The fourth-order valence-corrected chi connectivity index (χ4v) is 3.12. The van der Waals surface area contributed by atoms with Crippen molar-refractivity contribution in [2.24, 2.45) is 5.92 Å². The lowest BCUT2D eigenvalue weighted by atomic mass is 9.66. The summed E-state index contributed by atoms with van der Waals surface area (Å²) in [6.45, 7) is 8.95. The Kier molecular flexibility index (Phi) is 3.22. The van der Waals surface area contributed by atoms with Gasteiger partial charge in [-0.15, -0.1) is 0 Å². The lowest BCUT2D eigenvalue weighted by Crippen LogP contribution is -2.28. The zero-order chi connectivity index (χ0) is 13.5. The Bertz CT molecular complexity index is 472. The fourth-order valence-electron chi connectivity index (χ4n) is 3.12. The van der Waals surface area contributed by atoms with Crippen LogP contribution in [0.5, 0.6) is 0 Å². The van der Waals surface area contributed by atoms with Gasteiger partial charge in [0.05, 0.1) is 5.56 Å².